The molecule has 0 unspecified atom stereocenters. The van der Waals surface area contributed by atoms with Crippen molar-refractivity contribution in [3.05, 3.63) is 70.6 Å². The van der Waals surface area contributed by atoms with Crippen LogP contribution in [-0.4, -0.2) is 30.4 Å². The number of methoxy groups -OCH3 is 1. The molecule has 136 valence electrons. The summed E-state index contributed by atoms with van der Waals surface area (Å²) in [4.78, 5) is 23.3. The number of thioether (sulfide) groups is 1. The van der Waals surface area contributed by atoms with E-state index in [1.165, 1.54) is 12.7 Å². The summed E-state index contributed by atoms with van der Waals surface area (Å²) < 4.78 is 4.52. The third kappa shape index (κ3) is 4.71. The number of rotatable bonds is 4. The molecule has 1 amide bonds. The summed E-state index contributed by atoms with van der Waals surface area (Å²) in [6.45, 7) is 2.05. The molecule has 0 saturated carbocycles. The Hall–Kier alpha value is -3.19. The first-order valence-electron chi connectivity index (χ1n) is 8.13. The smallest absolute Gasteiger partial charge is 0.331 e. The lowest BCUT2D eigenvalue weighted by molar-refractivity contribution is -0.135. The highest BCUT2D eigenvalue weighted by Gasteiger charge is 2.25. The van der Waals surface area contributed by atoms with Crippen LogP contribution in [0.5, 0.6) is 0 Å². The van der Waals surface area contributed by atoms with Crippen molar-refractivity contribution >= 4 is 35.0 Å². The molecule has 2 aromatic rings. The summed E-state index contributed by atoms with van der Waals surface area (Å²) >= 11 is 1.04. The zero-order valence-electron chi connectivity index (χ0n) is 14.8. The minimum absolute atomic E-state index is 0.218. The number of hydrogen-bond acceptors (Lipinski definition) is 6. The van der Waals surface area contributed by atoms with Gasteiger partial charge < -0.3 is 4.74 Å². The average molecular weight is 379 g/mol. The predicted molar refractivity (Wildman–Crippen MR) is 107 cm³/mol. The van der Waals surface area contributed by atoms with Crippen LogP contribution in [0.3, 0.4) is 0 Å². The maximum atomic E-state index is 11.8. The van der Waals surface area contributed by atoms with E-state index in [9.17, 15) is 9.59 Å². The van der Waals surface area contributed by atoms with Crippen molar-refractivity contribution in [2.75, 3.05) is 7.11 Å². The second-order valence-electron chi connectivity index (χ2n) is 5.69. The Balaban J connectivity index is 1.80. The highest BCUT2D eigenvalue weighted by Crippen LogP contribution is 2.25. The van der Waals surface area contributed by atoms with Gasteiger partial charge in [-0.1, -0.05) is 54.1 Å². The maximum absolute atomic E-state index is 11.8. The van der Waals surface area contributed by atoms with Crippen LogP contribution in [0.1, 0.15) is 11.1 Å². The number of amidine groups is 1. The number of carbonyl (C=O) groups excluding carboxylic acids is 2. The van der Waals surface area contributed by atoms with E-state index in [1.54, 1.807) is 6.21 Å². The minimum Gasteiger partial charge on any atom is -0.466 e. The molecule has 0 radical (unpaired) electrons. The van der Waals surface area contributed by atoms with Crippen molar-refractivity contribution in [2.24, 2.45) is 10.2 Å². The summed E-state index contributed by atoms with van der Waals surface area (Å²) in [6, 6.07) is 16.1. The van der Waals surface area contributed by atoms with Crippen LogP contribution in [-0.2, 0) is 14.3 Å². The van der Waals surface area contributed by atoms with Gasteiger partial charge in [-0.2, -0.15) is 5.10 Å². The zero-order chi connectivity index (χ0) is 19.2. The van der Waals surface area contributed by atoms with Gasteiger partial charge in [0.05, 0.1) is 18.2 Å². The molecule has 0 bridgehead atoms. The largest absolute Gasteiger partial charge is 0.466 e. The number of benzene rings is 2. The molecule has 1 fully saturated rings. The summed E-state index contributed by atoms with van der Waals surface area (Å²) in [5.41, 5.74) is 4.22. The number of nitrogens with one attached hydrogen (secondary N) is 1. The Morgan fingerprint density at radius 3 is 2.78 bits per heavy atom. The quantitative estimate of drug-likeness (QED) is 0.383. The van der Waals surface area contributed by atoms with Crippen molar-refractivity contribution in [1.29, 1.82) is 0 Å². The van der Waals surface area contributed by atoms with E-state index < -0.39 is 11.9 Å². The predicted octanol–water partition coefficient (Wildman–Crippen LogP) is 3.27. The fourth-order valence-electron chi connectivity index (χ4n) is 2.47. The lowest BCUT2D eigenvalue weighted by Crippen LogP contribution is -2.19. The monoisotopic (exact) mass is 379 g/mol. The van der Waals surface area contributed by atoms with Crippen molar-refractivity contribution in [1.82, 2.24) is 5.32 Å². The van der Waals surface area contributed by atoms with E-state index in [-0.39, 0.29) is 4.91 Å². The molecular formula is C20H17N3O3S. The van der Waals surface area contributed by atoms with Gasteiger partial charge in [-0.25, -0.2) is 4.79 Å². The van der Waals surface area contributed by atoms with E-state index in [0.29, 0.717) is 5.17 Å². The molecule has 1 aliphatic rings. The van der Waals surface area contributed by atoms with E-state index in [1.807, 2.05) is 49.4 Å². The number of amides is 1. The maximum Gasteiger partial charge on any atom is 0.331 e. The van der Waals surface area contributed by atoms with Crippen LogP contribution in [0.2, 0.25) is 0 Å². The van der Waals surface area contributed by atoms with Crippen LogP contribution < -0.4 is 5.32 Å². The molecule has 0 spiro atoms. The van der Waals surface area contributed by atoms with Gasteiger partial charge >= 0.3 is 5.97 Å². The van der Waals surface area contributed by atoms with Crippen molar-refractivity contribution in [2.45, 2.75) is 6.92 Å². The van der Waals surface area contributed by atoms with Crippen LogP contribution >= 0.6 is 11.8 Å². The van der Waals surface area contributed by atoms with Gasteiger partial charge in [-0.15, -0.1) is 5.10 Å². The number of aryl methyl sites for hydroxylation is 1. The lowest BCUT2D eigenvalue weighted by Gasteiger charge is -2.06. The SMILES string of the molecule is COC(=O)/C=C1/S/C(=N\N=Cc2ccccc2-c2cccc(C)c2)NC1=O. The minimum atomic E-state index is -0.593. The fraction of sp³-hybridized carbons (Fsp3) is 0.100. The van der Waals surface area contributed by atoms with Gasteiger partial charge in [-0.05, 0) is 29.8 Å². The molecule has 7 heteroatoms. The average Bonchev–Trinajstić information content (AvgIpc) is 3.01. The Bertz CT molecular complexity index is 980. The summed E-state index contributed by atoms with van der Waals surface area (Å²) in [5.74, 6) is -0.996. The molecule has 0 atom stereocenters. The van der Waals surface area contributed by atoms with Crippen molar-refractivity contribution in [3.8, 4) is 11.1 Å². The summed E-state index contributed by atoms with van der Waals surface area (Å²) in [6.07, 6.45) is 2.76. The molecule has 0 aliphatic carbocycles. The summed E-state index contributed by atoms with van der Waals surface area (Å²) in [5, 5.41) is 11.0. The van der Waals surface area contributed by atoms with Gasteiger partial charge in [-0.3, -0.25) is 10.1 Å². The molecule has 27 heavy (non-hydrogen) atoms. The van der Waals surface area contributed by atoms with Gasteiger partial charge in [0, 0.05) is 11.6 Å². The first-order valence-corrected chi connectivity index (χ1v) is 8.94. The van der Waals surface area contributed by atoms with E-state index in [4.69, 9.17) is 0 Å². The number of hydrogen-bond donors (Lipinski definition) is 1. The standard InChI is InChI=1S/C20H17N3O3S/c1-13-6-5-8-14(10-13)16-9-4-3-7-15(16)12-21-23-20-22-19(25)17(27-20)11-18(24)26-2/h3-12H,1-2H3,(H,22,23,25)/b17-11+,21-12?. The van der Waals surface area contributed by atoms with Crippen molar-refractivity contribution in [3.63, 3.8) is 0 Å². The van der Waals surface area contributed by atoms with E-state index in [0.717, 1.165) is 34.5 Å². The second kappa shape index (κ2) is 8.46. The van der Waals surface area contributed by atoms with Gasteiger partial charge in [0.25, 0.3) is 5.91 Å². The number of esters is 1. The Kier molecular flexibility index (Phi) is 5.83. The van der Waals surface area contributed by atoms with Crippen LogP contribution in [0.25, 0.3) is 11.1 Å². The van der Waals surface area contributed by atoms with Crippen LogP contribution in [0.15, 0.2) is 69.7 Å². The Morgan fingerprint density at radius 2 is 2.00 bits per heavy atom. The molecule has 1 N–H and O–H groups in total. The first kappa shape index (κ1) is 18.6. The third-order valence-electron chi connectivity index (χ3n) is 3.74. The Morgan fingerprint density at radius 1 is 1.19 bits per heavy atom. The Labute approximate surface area is 161 Å². The van der Waals surface area contributed by atoms with Gasteiger partial charge in [0.1, 0.15) is 0 Å². The van der Waals surface area contributed by atoms with Crippen LogP contribution in [0.4, 0.5) is 0 Å². The summed E-state index contributed by atoms with van der Waals surface area (Å²) in [7, 11) is 1.25. The normalized spacial score (nSPS) is 16.9. The van der Waals surface area contributed by atoms with Crippen LogP contribution in [0, 0.1) is 6.92 Å². The third-order valence-corrected chi connectivity index (χ3v) is 4.64. The van der Waals surface area contributed by atoms with E-state index in [2.05, 4.69) is 26.3 Å². The molecule has 6 nitrogen and oxygen atoms in total. The molecule has 0 aromatic heterocycles. The fourth-order valence-corrected chi connectivity index (χ4v) is 3.21. The first-order chi connectivity index (χ1) is 13.1. The van der Waals surface area contributed by atoms with Crippen molar-refractivity contribution < 1.29 is 14.3 Å². The highest BCUT2D eigenvalue weighted by molar-refractivity contribution is 8.18. The molecule has 2 aromatic carbocycles. The van der Waals surface area contributed by atoms with Gasteiger partial charge in [0.15, 0.2) is 5.17 Å². The van der Waals surface area contributed by atoms with Gasteiger partial charge in [0.2, 0.25) is 0 Å². The lowest BCUT2D eigenvalue weighted by atomic mass is 9.99. The zero-order valence-corrected chi connectivity index (χ0v) is 15.6. The second-order valence-corrected chi connectivity index (χ2v) is 6.73. The molecule has 1 aliphatic heterocycles. The number of nitrogens with zero attached hydrogens (tertiary/aromatic N) is 2. The molecular weight excluding hydrogens is 362 g/mol. The molecule has 1 heterocycles. The topological polar surface area (TPSA) is 80.1 Å². The van der Waals surface area contributed by atoms with E-state index >= 15 is 0 Å². The highest BCUT2D eigenvalue weighted by atomic mass is 32.2. The molecule has 3 rings (SSSR count). The number of carbonyl (C=O) groups is 2. The molecule has 1 saturated heterocycles. The number of ether oxygens (including phenoxy) is 1.